The van der Waals surface area contributed by atoms with E-state index in [1.54, 1.807) is 0 Å². The lowest BCUT2D eigenvalue weighted by Gasteiger charge is -2.39. The smallest absolute Gasteiger partial charge is 0.0631 e. The maximum absolute atomic E-state index is 6.03. The molecule has 2 rings (SSSR count). The predicted octanol–water partition coefficient (Wildman–Crippen LogP) is 3.95. The Balaban J connectivity index is 1.41. The molecule has 0 unspecified atom stereocenters. The Kier molecular flexibility index (Phi) is 9.68. The fraction of sp³-hybridized carbons (Fsp3) is 1.00. The minimum Gasteiger partial charge on any atom is -0.377 e. The molecule has 166 valence electrons. The average Bonchev–Trinajstić information content (AvgIpc) is 2.55. The Morgan fingerprint density at radius 2 is 1.29 bits per heavy atom. The van der Waals surface area contributed by atoms with E-state index in [1.807, 2.05) is 0 Å². The zero-order valence-corrected chi connectivity index (χ0v) is 19.5. The van der Waals surface area contributed by atoms with E-state index in [-0.39, 0.29) is 11.2 Å². The van der Waals surface area contributed by atoms with Gasteiger partial charge in [0.05, 0.1) is 30.0 Å². The van der Waals surface area contributed by atoms with E-state index < -0.39 is 0 Å². The molecule has 5 nitrogen and oxygen atoms in total. The Morgan fingerprint density at radius 1 is 0.679 bits per heavy atom. The van der Waals surface area contributed by atoms with Gasteiger partial charge in [-0.25, -0.2) is 0 Å². The number of hydrogen-bond donors (Lipinski definition) is 0. The van der Waals surface area contributed by atoms with Gasteiger partial charge in [0, 0.05) is 39.3 Å². The standard InChI is InChI=1S/C23H46N2O3/c1-22(2,3)27-16-9-7-8-10-24-11-13-25(14-12-24)15-17-26-20-18-21(19-20)28-23(4,5)6/h20-21H,7-19H2,1-6H3. The number of nitrogens with zero attached hydrogens (tertiary/aromatic N) is 2. The number of ether oxygens (including phenoxy) is 3. The van der Waals surface area contributed by atoms with Gasteiger partial charge in [0.1, 0.15) is 0 Å². The van der Waals surface area contributed by atoms with Crippen LogP contribution in [-0.2, 0) is 14.2 Å². The van der Waals surface area contributed by atoms with Crippen LogP contribution in [0.15, 0.2) is 0 Å². The number of piperazine rings is 1. The van der Waals surface area contributed by atoms with E-state index in [9.17, 15) is 0 Å². The fourth-order valence-electron chi connectivity index (χ4n) is 3.83. The first-order valence-corrected chi connectivity index (χ1v) is 11.5. The average molecular weight is 399 g/mol. The summed E-state index contributed by atoms with van der Waals surface area (Å²) >= 11 is 0. The van der Waals surface area contributed by atoms with Crippen LogP contribution >= 0.6 is 0 Å². The third-order valence-corrected chi connectivity index (χ3v) is 5.45. The van der Waals surface area contributed by atoms with Gasteiger partial charge in [-0.05, 0) is 80.2 Å². The van der Waals surface area contributed by atoms with Crippen LogP contribution in [0.2, 0.25) is 0 Å². The van der Waals surface area contributed by atoms with Crippen molar-refractivity contribution in [1.29, 1.82) is 0 Å². The largest absolute Gasteiger partial charge is 0.377 e. The van der Waals surface area contributed by atoms with Gasteiger partial charge >= 0.3 is 0 Å². The first-order valence-electron chi connectivity index (χ1n) is 11.5. The first kappa shape index (κ1) is 24.1. The molecule has 28 heavy (non-hydrogen) atoms. The summed E-state index contributed by atoms with van der Waals surface area (Å²) in [4.78, 5) is 5.16. The maximum atomic E-state index is 6.03. The second kappa shape index (κ2) is 11.3. The molecule has 0 atom stereocenters. The number of unbranched alkanes of at least 4 members (excludes halogenated alkanes) is 2. The van der Waals surface area contributed by atoms with Crippen LogP contribution < -0.4 is 0 Å². The highest BCUT2D eigenvalue weighted by atomic mass is 16.5. The lowest BCUT2D eigenvalue weighted by Crippen LogP contribution is -2.48. The molecule has 0 bridgehead atoms. The molecule has 2 aliphatic rings. The van der Waals surface area contributed by atoms with Gasteiger partial charge < -0.3 is 19.1 Å². The molecule has 0 spiro atoms. The van der Waals surface area contributed by atoms with Crippen LogP contribution in [0.5, 0.6) is 0 Å². The normalized spacial score (nSPS) is 25.1. The first-order chi connectivity index (χ1) is 13.1. The maximum Gasteiger partial charge on any atom is 0.0631 e. The van der Waals surface area contributed by atoms with Crippen molar-refractivity contribution in [3.8, 4) is 0 Å². The SMILES string of the molecule is CC(C)(C)OCCCCCN1CCN(CCOC2CC(OC(C)(C)C)C2)CC1. The van der Waals surface area contributed by atoms with Crippen molar-refractivity contribution >= 4 is 0 Å². The molecular weight excluding hydrogens is 352 g/mol. The van der Waals surface area contributed by atoms with Gasteiger partial charge in [-0.1, -0.05) is 0 Å². The second-order valence-electron chi connectivity index (χ2n) is 10.5. The molecule has 0 aromatic carbocycles. The van der Waals surface area contributed by atoms with Gasteiger partial charge in [-0.15, -0.1) is 0 Å². The highest BCUT2D eigenvalue weighted by molar-refractivity contribution is 4.83. The predicted molar refractivity (Wildman–Crippen MR) is 116 cm³/mol. The highest BCUT2D eigenvalue weighted by Gasteiger charge is 2.33. The van der Waals surface area contributed by atoms with E-state index in [0.29, 0.717) is 12.2 Å². The van der Waals surface area contributed by atoms with Crippen molar-refractivity contribution in [2.24, 2.45) is 0 Å². The quantitative estimate of drug-likeness (QED) is 0.492. The van der Waals surface area contributed by atoms with E-state index in [2.05, 4.69) is 51.3 Å². The molecule has 2 fully saturated rings. The van der Waals surface area contributed by atoms with E-state index >= 15 is 0 Å². The van der Waals surface area contributed by atoms with E-state index in [4.69, 9.17) is 14.2 Å². The molecule has 0 aromatic heterocycles. The summed E-state index contributed by atoms with van der Waals surface area (Å²) in [5.74, 6) is 0. The Bertz CT molecular complexity index is 417. The van der Waals surface area contributed by atoms with Crippen molar-refractivity contribution in [3.63, 3.8) is 0 Å². The molecule has 1 aliphatic heterocycles. The highest BCUT2D eigenvalue weighted by Crippen LogP contribution is 2.29. The van der Waals surface area contributed by atoms with Gasteiger partial charge in [0.2, 0.25) is 0 Å². The van der Waals surface area contributed by atoms with Crippen molar-refractivity contribution < 1.29 is 14.2 Å². The van der Waals surface area contributed by atoms with Gasteiger partial charge in [0.15, 0.2) is 0 Å². The molecule has 0 radical (unpaired) electrons. The Labute approximate surface area is 174 Å². The van der Waals surface area contributed by atoms with E-state index in [0.717, 1.165) is 32.6 Å². The minimum absolute atomic E-state index is 0.000585. The van der Waals surface area contributed by atoms with Crippen LogP contribution in [0.3, 0.4) is 0 Å². The van der Waals surface area contributed by atoms with E-state index in [1.165, 1.54) is 52.0 Å². The molecule has 0 aromatic rings. The Hall–Kier alpha value is -0.200. The van der Waals surface area contributed by atoms with Gasteiger partial charge in [-0.3, -0.25) is 4.90 Å². The third kappa shape index (κ3) is 10.5. The molecule has 0 N–H and O–H groups in total. The zero-order chi connectivity index (χ0) is 20.6. The molecular formula is C23H46N2O3. The topological polar surface area (TPSA) is 34.2 Å². The van der Waals surface area contributed by atoms with Crippen molar-refractivity contribution in [3.05, 3.63) is 0 Å². The third-order valence-electron chi connectivity index (χ3n) is 5.45. The zero-order valence-electron chi connectivity index (χ0n) is 19.5. The number of rotatable bonds is 11. The summed E-state index contributed by atoms with van der Waals surface area (Å²) < 4.78 is 17.8. The van der Waals surface area contributed by atoms with Gasteiger partial charge in [-0.2, -0.15) is 0 Å². The summed E-state index contributed by atoms with van der Waals surface area (Å²) in [5.41, 5.74) is -0.0316. The second-order valence-corrected chi connectivity index (χ2v) is 10.5. The van der Waals surface area contributed by atoms with Gasteiger partial charge in [0.25, 0.3) is 0 Å². The summed E-state index contributed by atoms with van der Waals surface area (Å²) in [7, 11) is 0. The van der Waals surface area contributed by atoms with Crippen LogP contribution in [0.4, 0.5) is 0 Å². The molecule has 0 amide bonds. The van der Waals surface area contributed by atoms with Crippen molar-refractivity contribution in [2.75, 3.05) is 52.5 Å². The summed E-state index contributed by atoms with van der Waals surface area (Å²) in [6, 6.07) is 0. The van der Waals surface area contributed by atoms with Crippen molar-refractivity contribution in [2.45, 2.75) is 97.1 Å². The number of hydrogen-bond acceptors (Lipinski definition) is 5. The monoisotopic (exact) mass is 398 g/mol. The van der Waals surface area contributed by atoms with Crippen LogP contribution in [0.25, 0.3) is 0 Å². The molecule has 1 aliphatic carbocycles. The molecule has 1 heterocycles. The molecule has 1 saturated heterocycles. The minimum atomic E-state index is -0.0322. The lowest BCUT2D eigenvalue weighted by atomic mass is 9.91. The van der Waals surface area contributed by atoms with Crippen molar-refractivity contribution in [1.82, 2.24) is 9.80 Å². The lowest BCUT2D eigenvalue weighted by molar-refractivity contribution is -0.149. The Morgan fingerprint density at radius 3 is 1.86 bits per heavy atom. The summed E-state index contributed by atoms with van der Waals surface area (Å²) in [5, 5.41) is 0. The fourth-order valence-corrected chi connectivity index (χ4v) is 3.83. The van der Waals surface area contributed by atoms with Crippen LogP contribution in [0, 0.1) is 0 Å². The van der Waals surface area contributed by atoms with Crippen LogP contribution in [0.1, 0.15) is 73.6 Å². The molecule has 1 saturated carbocycles. The molecule has 5 heteroatoms. The van der Waals surface area contributed by atoms with Crippen LogP contribution in [-0.4, -0.2) is 85.7 Å². The summed E-state index contributed by atoms with van der Waals surface area (Å²) in [6.07, 6.45) is 6.67. The summed E-state index contributed by atoms with van der Waals surface area (Å²) in [6.45, 7) is 21.6.